The lowest BCUT2D eigenvalue weighted by Gasteiger charge is -2.21. The molecule has 0 amide bonds. The van der Waals surface area contributed by atoms with Gasteiger partial charge in [-0.3, -0.25) is 4.79 Å². The summed E-state index contributed by atoms with van der Waals surface area (Å²) in [7, 11) is 1.61. The quantitative estimate of drug-likeness (QED) is 0.851. The summed E-state index contributed by atoms with van der Waals surface area (Å²) in [5.74, 6) is -0.00659. The Bertz CT molecular complexity index is 394. The zero-order valence-corrected chi connectivity index (χ0v) is 10.2. The molecule has 1 aromatic carbocycles. The first-order chi connectivity index (χ1) is 7.38. The van der Waals surface area contributed by atoms with E-state index in [1.165, 1.54) is 0 Å². The lowest BCUT2D eigenvalue weighted by molar-refractivity contribution is -0.146. The van der Waals surface area contributed by atoms with Crippen LogP contribution in [0.15, 0.2) is 18.2 Å². The maximum Gasteiger partial charge on any atom is 0.309 e. The molecule has 0 saturated heterocycles. The Morgan fingerprint density at radius 1 is 1.44 bits per heavy atom. The van der Waals surface area contributed by atoms with Gasteiger partial charge in [-0.2, -0.15) is 0 Å². The number of methoxy groups -OCH3 is 1. The molecule has 0 unspecified atom stereocenters. The van der Waals surface area contributed by atoms with E-state index in [9.17, 15) is 4.79 Å². The van der Waals surface area contributed by atoms with Gasteiger partial charge in [0.1, 0.15) is 5.75 Å². The molecule has 0 saturated carbocycles. The molecule has 0 radical (unpaired) electrons. The van der Waals surface area contributed by atoms with Crippen LogP contribution in [0.4, 0.5) is 0 Å². The first kappa shape index (κ1) is 12.6. The van der Waals surface area contributed by atoms with Gasteiger partial charge in [0.15, 0.2) is 0 Å². The number of aliphatic carboxylic acids is 1. The van der Waals surface area contributed by atoms with E-state index in [1.807, 2.05) is 25.1 Å². The number of ether oxygens (including phenoxy) is 1. The van der Waals surface area contributed by atoms with E-state index in [-0.39, 0.29) is 0 Å². The van der Waals surface area contributed by atoms with Crippen LogP contribution in [0, 0.1) is 12.3 Å². The fourth-order valence-corrected chi connectivity index (χ4v) is 1.70. The van der Waals surface area contributed by atoms with Crippen molar-refractivity contribution in [3.05, 3.63) is 29.3 Å². The van der Waals surface area contributed by atoms with Crippen molar-refractivity contribution in [3.8, 4) is 5.75 Å². The zero-order chi connectivity index (χ0) is 12.3. The number of carboxylic acid groups (broad SMARTS) is 1. The van der Waals surface area contributed by atoms with Crippen LogP contribution < -0.4 is 4.74 Å². The van der Waals surface area contributed by atoms with Crippen LogP contribution in [-0.2, 0) is 11.2 Å². The zero-order valence-electron chi connectivity index (χ0n) is 10.2. The molecular weight excluding hydrogens is 204 g/mol. The Morgan fingerprint density at radius 2 is 2.06 bits per heavy atom. The number of rotatable bonds is 4. The number of aryl methyl sites for hydroxylation is 1. The van der Waals surface area contributed by atoms with Gasteiger partial charge < -0.3 is 9.84 Å². The number of hydrogen-bond donors (Lipinski definition) is 1. The maximum absolute atomic E-state index is 11.1. The third-order valence-electron chi connectivity index (χ3n) is 2.71. The summed E-state index contributed by atoms with van der Waals surface area (Å²) in [4.78, 5) is 11.1. The molecular formula is C13H18O3. The smallest absolute Gasteiger partial charge is 0.309 e. The van der Waals surface area contributed by atoms with E-state index in [4.69, 9.17) is 9.84 Å². The second-order valence-electron chi connectivity index (χ2n) is 4.63. The third kappa shape index (κ3) is 2.54. The second-order valence-corrected chi connectivity index (χ2v) is 4.63. The van der Waals surface area contributed by atoms with Crippen LogP contribution in [0.2, 0.25) is 0 Å². The molecule has 1 rings (SSSR count). The van der Waals surface area contributed by atoms with E-state index in [0.717, 1.165) is 16.9 Å². The Labute approximate surface area is 96.1 Å². The van der Waals surface area contributed by atoms with Gasteiger partial charge in [-0.25, -0.2) is 0 Å². The Kier molecular flexibility index (Phi) is 3.58. The number of hydrogen-bond acceptors (Lipinski definition) is 2. The van der Waals surface area contributed by atoms with Crippen molar-refractivity contribution in [2.24, 2.45) is 5.41 Å². The minimum atomic E-state index is -0.795. The highest BCUT2D eigenvalue weighted by Gasteiger charge is 2.28. The summed E-state index contributed by atoms with van der Waals surface area (Å²) in [6.45, 7) is 5.39. The standard InChI is InChI=1S/C13H18O3/c1-9-6-5-7-10(11(9)16-4)8-13(2,3)12(14)15/h5-7H,8H2,1-4H3,(H,14,15). The summed E-state index contributed by atoms with van der Waals surface area (Å²) in [5.41, 5.74) is 1.19. The normalized spacial score (nSPS) is 11.2. The van der Waals surface area contributed by atoms with Gasteiger partial charge in [0, 0.05) is 0 Å². The van der Waals surface area contributed by atoms with Gasteiger partial charge in [-0.1, -0.05) is 18.2 Å². The number of benzene rings is 1. The summed E-state index contributed by atoms with van der Waals surface area (Å²) >= 11 is 0. The first-order valence-corrected chi connectivity index (χ1v) is 5.24. The Balaban J connectivity index is 3.06. The number of carbonyl (C=O) groups is 1. The first-order valence-electron chi connectivity index (χ1n) is 5.24. The minimum Gasteiger partial charge on any atom is -0.496 e. The highest BCUT2D eigenvalue weighted by atomic mass is 16.5. The van der Waals surface area contributed by atoms with Gasteiger partial charge in [-0.15, -0.1) is 0 Å². The molecule has 0 heterocycles. The van der Waals surface area contributed by atoms with Crippen LogP contribution >= 0.6 is 0 Å². The lowest BCUT2D eigenvalue weighted by atomic mass is 9.85. The predicted molar refractivity (Wildman–Crippen MR) is 62.9 cm³/mol. The van der Waals surface area contributed by atoms with Crippen molar-refractivity contribution in [2.45, 2.75) is 27.2 Å². The number of carboxylic acids is 1. The Hall–Kier alpha value is -1.51. The van der Waals surface area contributed by atoms with E-state index < -0.39 is 11.4 Å². The van der Waals surface area contributed by atoms with Crippen LogP contribution in [-0.4, -0.2) is 18.2 Å². The molecule has 88 valence electrons. The molecule has 0 atom stereocenters. The molecule has 0 aliphatic rings. The van der Waals surface area contributed by atoms with Crippen LogP contribution in [0.3, 0.4) is 0 Å². The van der Waals surface area contributed by atoms with Gasteiger partial charge in [0.2, 0.25) is 0 Å². The molecule has 3 heteroatoms. The van der Waals surface area contributed by atoms with Crippen LogP contribution in [0.1, 0.15) is 25.0 Å². The molecule has 0 fully saturated rings. The molecule has 1 aromatic rings. The van der Waals surface area contributed by atoms with Crippen LogP contribution in [0.5, 0.6) is 5.75 Å². The molecule has 3 nitrogen and oxygen atoms in total. The van der Waals surface area contributed by atoms with Gasteiger partial charge in [-0.05, 0) is 38.3 Å². The van der Waals surface area contributed by atoms with Crippen molar-refractivity contribution in [1.82, 2.24) is 0 Å². The molecule has 0 spiro atoms. The van der Waals surface area contributed by atoms with Crippen molar-refractivity contribution in [2.75, 3.05) is 7.11 Å². The van der Waals surface area contributed by atoms with Crippen molar-refractivity contribution in [1.29, 1.82) is 0 Å². The molecule has 0 aliphatic heterocycles. The molecule has 16 heavy (non-hydrogen) atoms. The fourth-order valence-electron chi connectivity index (χ4n) is 1.70. The SMILES string of the molecule is COc1c(C)cccc1CC(C)(C)C(=O)O. The van der Waals surface area contributed by atoms with E-state index in [2.05, 4.69) is 0 Å². The molecule has 0 aromatic heterocycles. The van der Waals surface area contributed by atoms with Crippen LogP contribution in [0.25, 0.3) is 0 Å². The monoisotopic (exact) mass is 222 g/mol. The number of para-hydroxylation sites is 1. The predicted octanol–water partition coefficient (Wildman–Crippen LogP) is 2.66. The summed E-state index contributed by atoms with van der Waals surface area (Å²) in [5, 5.41) is 9.09. The van der Waals surface area contributed by atoms with Gasteiger partial charge >= 0.3 is 5.97 Å². The van der Waals surface area contributed by atoms with Gasteiger partial charge in [0.25, 0.3) is 0 Å². The average molecular weight is 222 g/mol. The van der Waals surface area contributed by atoms with E-state index in [1.54, 1.807) is 21.0 Å². The van der Waals surface area contributed by atoms with E-state index in [0.29, 0.717) is 6.42 Å². The summed E-state index contributed by atoms with van der Waals surface area (Å²) in [6.07, 6.45) is 0.465. The minimum absolute atomic E-state index is 0.465. The second kappa shape index (κ2) is 4.56. The summed E-state index contributed by atoms with van der Waals surface area (Å²) < 4.78 is 5.31. The van der Waals surface area contributed by atoms with E-state index >= 15 is 0 Å². The maximum atomic E-state index is 11.1. The van der Waals surface area contributed by atoms with Gasteiger partial charge in [0.05, 0.1) is 12.5 Å². The fraction of sp³-hybridized carbons (Fsp3) is 0.462. The lowest BCUT2D eigenvalue weighted by Crippen LogP contribution is -2.26. The largest absolute Gasteiger partial charge is 0.496 e. The van der Waals surface area contributed by atoms with Crippen molar-refractivity contribution >= 4 is 5.97 Å². The molecule has 0 bridgehead atoms. The third-order valence-corrected chi connectivity index (χ3v) is 2.71. The average Bonchev–Trinajstić information content (AvgIpc) is 2.17. The molecule has 1 N–H and O–H groups in total. The topological polar surface area (TPSA) is 46.5 Å². The molecule has 0 aliphatic carbocycles. The highest BCUT2D eigenvalue weighted by molar-refractivity contribution is 5.74. The summed E-state index contributed by atoms with van der Waals surface area (Å²) in [6, 6.07) is 5.79. The highest BCUT2D eigenvalue weighted by Crippen LogP contribution is 2.30. The Morgan fingerprint density at radius 3 is 2.56 bits per heavy atom. The van der Waals surface area contributed by atoms with Crippen molar-refractivity contribution < 1.29 is 14.6 Å². The van der Waals surface area contributed by atoms with Crippen molar-refractivity contribution in [3.63, 3.8) is 0 Å².